The summed E-state index contributed by atoms with van der Waals surface area (Å²) in [6.07, 6.45) is 4.52. The molecule has 0 saturated carbocycles. The van der Waals surface area contributed by atoms with Gasteiger partial charge in [-0.15, -0.1) is 5.10 Å². The van der Waals surface area contributed by atoms with Crippen LogP contribution in [0.3, 0.4) is 0 Å². The van der Waals surface area contributed by atoms with Gasteiger partial charge in [-0.1, -0.05) is 26.0 Å². The lowest BCUT2D eigenvalue weighted by molar-refractivity contribution is 0.0494. The number of aromatic nitrogens is 3. The molecule has 1 aromatic heterocycles. The minimum absolute atomic E-state index is 0.213. The van der Waals surface area contributed by atoms with Gasteiger partial charge in [-0.3, -0.25) is 4.21 Å². The predicted octanol–water partition coefficient (Wildman–Crippen LogP) is 1.25. The van der Waals surface area contributed by atoms with Gasteiger partial charge in [0, 0.05) is 18.2 Å². The average Bonchev–Trinajstić information content (AvgIpc) is 2.76. The van der Waals surface area contributed by atoms with Crippen molar-refractivity contribution in [3.05, 3.63) is 11.9 Å². The van der Waals surface area contributed by atoms with Crippen molar-refractivity contribution >= 4 is 15.4 Å². The first kappa shape index (κ1) is 19.1. The standard InChI is InChI=1S/C15H29N3O3S/c1-15(2,3)12-14-13-18(17-16-14)6-7-20-8-9-21-10-11-22(4,5)19/h13H,4,6-12H2,1-3,5H3. The first-order valence-corrected chi connectivity index (χ1v) is 9.81. The number of hydrogen-bond acceptors (Lipinski definition) is 5. The molecule has 6 nitrogen and oxygen atoms in total. The monoisotopic (exact) mass is 331 g/mol. The Labute approximate surface area is 134 Å². The Balaban J connectivity index is 2.08. The summed E-state index contributed by atoms with van der Waals surface area (Å²) in [5.41, 5.74) is 1.22. The average molecular weight is 331 g/mol. The van der Waals surface area contributed by atoms with Crippen molar-refractivity contribution in [2.24, 2.45) is 5.41 Å². The van der Waals surface area contributed by atoms with E-state index >= 15 is 0 Å². The van der Waals surface area contributed by atoms with E-state index in [1.165, 1.54) is 0 Å². The van der Waals surface area contributed by atoms with Crippen molar-refractivity contribution in [3.63, 3.8) is 0 Å². The lowest BCUT2D eigenvalue weighted by atomic mass is 9.91. The highest BCUT2D eigenvalue weighted by Gasteiger charge is 2.13. The minimum Gasteiger partial charge on any atom is -0.378 e. The molecule has 1 unspecified atom stereocenters. The first-order chi connectivity index (χ1) is 10.2. The quantitative estimate of drug-likeness (QED) is 0.477. The van der Waals surface area contributed by atoms with Crippen LogP contribution in [0.2, 0.25) is 0 Å². The van der Waals surface area contributed by atoms with Crippen LogP contribution in [0.15, 0.2) is 6.20 Å². The van der Waals surface area contributed by atoms with E-state index < -0.39 is 9.52 Å². The molecule has 0 spiro atoms. The fourth-order valence-electron chi connectivity index (χ4n) is 1.79. The molecule has 0 amide bonds. The Morgan fingerprint density at radius 1 is 1.23 bits per heavy atom. The van der Waals surface area contributed by atoms with E-state index in [0.29, 0.717) is 38.7 Å². The van der Waals surface area contributed by atoms with Crippen molar-refractivity contribution in [3.8, 4) is 0 Å². The Bertz CT molecular complexity index is 532. The van der Waals surface area contributed by atoms with Gasteiger partial charge < -0.3 is 9.47 Å². The van der Waals surface area contributed by atoms with Crippen LogP contribution in [0.5, 0.6) is 0 Å². The Kier molecular flexibility index (Phi) is 7.52. The van der Waals surface area contributed by atoms with Gasteiger partial charge >= 0.3 is 0 Å². The van der Waals surface area contributed by atoms with E-state index in [4.69, 9.17) is 9.47 Å². The van der Waals surface area contributed by atoms with Gasteiger partial charge in [0.15, 0.2) is 0 Å². The highest BCUT2D eigenvalue weighted by atomic mass is 32.2. The first-order valence-electron chi connectivity index (χ1n) is 7.50. The molecular weight excluding hydrogens is 302 g/mol. The van der Waals surface area contributed by atoms with Gasteiger partial charge in [0.25, 0.3) is 0 Å². The zero-order valence-corrected chi connectivity index (χ0v) is 15.0. The summed E-state index contributed by atoms with van der Waals surface area (Å²) in [4.78, 5) is 0. The molecule has 0 aliphatic rings. The van der Waals surface area contributed by atoms with Crippen LogP contribution in [-0.2, 0) is 32.0 Å². The van der Waals surface area contributed by atoms with Crippen LogP contribution >= 0.6 is 0 Å². The number of hydrogen-bond donors (Lipinski definition) is 0. The molecule has 0 aliphatic heterocycles. The Morgan fingerprint density at radius 3 is 2.45 bits per heavy atom. The molecule has 0 saturated heterocycles. The number of nitrogens with zero attached hydrogens (tertiary/aromatic N) is 3. The molecule has 0 radical (unpaired) electrons. The van der Waals surface area contributed by atoms with Crippen LogP contribution in [-0.4, -0.2) is 63.5 Å². The molecule has 22 heavy (non-hydrogen) atoms. The predicted molar refractivity (Wildman–Crippen MR) is 90.9 cm³/mol. The summed E-state index contributed by atoms with van der Waals surface area (Å²) in [6.45, 7) is 9.28. The number of ether oxygens (including phenoxy) is 2. The zero-order chi connectivity index (χ0) is 16.6. The molecule has 0 aromatic carbocycles. The summed E-state index contributed by atoms with van der Waals surface area (Å²) in [6, 6.07) is 0. The Morgan fingerprint density at radius 2 is 1.86 bits per heavy atom. The highest BCUT2D eigenvalue weighted by molar-refractivity contribution is 7.99. The van der Waals surface area contributed by atoms with Gasteiger partial charge in [0.05, 0.1) is 38.7 Å². The van der Waals surface area contributed by atoms with Crippen molar-refractivity contribution in [1.29, 1.82) is 0 Å². The summed E-state index contributed by atoms with van der Waals surface area (Å²) in [5, 5.41) is 8.25. The van der Waals surface area contributed by atoms with E-state index in [9.17, 15) is 4.21 Å². The molecule has 0 N–H and O–H groups in total. The molecule has 1 rings (SSSR count). The van der Waals surface area contributed by atoms with Crippen LogP contribution in [0.4, 0.5) is 0 Å². The topological polar surface area (TPSA) is 66.2 Å². The molecule has 0 fully saturated rings. The smallest absolute Gasteiger partial charge is 0.0832 e. The summed E-state index contributed by atoms with van der Waals surface area (Å²) >= 11 is 0. The zero-order valence-electron chi connectivity index (χ0n) is 14.2. The lowest BCUT2D eigenvalue weighted by Gasteiger charge is -2.15. The third-order valence-corrected chi connectivity index (χ3v) is 3.82. The molecule has 1 heterocycles. The summed E-state index contributed by atoms with van der Waals surface area (Å²) < 4.78 is 24.0. The van der Waals surface area contributed by atoms with E-state index in [2.05, 4.69) is 37.0 Å². The summed E-state index contributed by atoms with van der Waals surface area (Å²) in [5.74, 6) is 4.06. The van der Waals surface area contributed by atoms with Gasteiger partial charge in [0.2, 0.25) is 0 Å². The maximum Gasteiger partial charge on any atom is 0.0832 e. The lowest BCUT2D eigenvalue weighted by Crippen LogP contribution is -2.14. The molecule has 0 bridgehead atoms. The number of rotatable bonds is 10. The maximum absolute atomic E-state index is 11.3. The van der Waals surface area contributed by atoms with E-state index in [1.54, 1.807) is 10.9 Å². The third-order valence-electron chi connectivity index (χ3n) is 2.79. The van der Waals surface area contributed by atoms with Crippen LogP contribution in [0.1, 0.15) is 26.5 Å². The SMILES string of the molecule is C=S(C)(=O)CCOCCOCCn1cc(CC(C)(C)C)nn1. The van der Waals surface area contributed by atoms with Crippen molar-refractivity contribution < 1.29 is 13.7 Å². The maximum atomic E-state index is 11.3. The molecule has 1 atom stereocenters. The van der Waals surface area contributed by atoms with Gasteiger partial charge in [-0.2, -0.15) is 0 Å². The van der Waals surface area contributed by atoms with Crippen LogP contribution < -0.4 is 0 Å². The van der Waals surface area contributed by atoms with E-state index in [-0.39, 0.29) is 5.41 Å². The fourth-order valence-corrected chi connectivity index (χ4v) is 2.26. The van der Waals surface area contributed by atoms with Crippen molar-refractivity contribution in [2.45, 2.75) is 33.7 Å². The van der Waals surface area contributed by atoms with Crippen LogP contribution in [0.25, 0.3) is 0 Å². The van der Waals surface area contributed by atoms with Gasteiger partial charge in [0.1, 0.15) is 0 Å². The van der Waals surface area contributed by atoms with Crippen molar-refractivity contribution in [2.75, 3.05) is 38.4 Å². The largest absolute Gasteiger partial charge is 0.378 e. The minimum atomic E-state index is -1.95. The molecular formula is C15H29N3O3S. The highest BCUT2D eigenvalue weighted by Crippen LogP contribution is 2.18. The second kappa shape index (κ2) is 8.64. The second-order valence-electron chi connectivity index (χ2n) is 6.82. The third kappa shape index (κ3) is 9.92. The normalized spacial score (nSPS) is 14.9. The molecule has 7 heteroatoms. The molecule has 0 aliphatic carbocycles. The second-order valence-corrected chi connectivity index (χ2v) is 9.60. The Hall–Kier alpha value is -0.920. The van der Waals surface area contributed by atoms with Crippen molar-refractivity contribution in [1.82, 2.24) is 15.0 Å². The van der Waals surface area contributed by atoms with Crippen LogP contribution in [0, 0.1) is 5.41 Å². The molecule has 128 valence electrons. The van der Waals surface area contributed by atoms with Gasteiger partial charge in [-0.05, 0) is 27.2 Å². The fraction of sp³-hybridized carbons (Fsp3) is 0.800. The van der Waals surface area contributed by atoms with Gasteiger partial charge in [-0.25, -0.2) is 4.68 Å². The van der Waals surface area contributed by atoms with E-state index in [1.807, 2.05) is 6.20 Å². The molecule has 1 aromatic rings. The van der Waals surface area contributed by atoms with E-state index in [0.717, 1.165) is 12.1 Å². The summed E-state index contributed by atoms with van der Waals surface area (Å²) in [7, 11) is -1.95.